The number of rotatable bonds is 5. The second kappa shape index (κ2) is 6.58. The first-order valence-corrected chi connectivity index (χ1v) is 9.19. The van der Waals surface area contributed by atoms with Gasteiger partial charge in [-0.3, -0.25) is 0 Å². The zero-order valence-electron chi connectivity index (χ0n) is 14.2. The lowest BCUT2D eigenvalue weighted by molar-refractivity contribution is -0.157. The minimum atomic E-state index is -0.768. The summed E-state index contributed by atoms with van der Waals surface area (Å²) in [5, 5.41) is 4.52. The van der Waals surface area contributed by atoms with E-state index in [1.165, 1.54) is 37.8 Å². The van der Waals surface area contributed by atoms with E-state index in [0.717, 1.165) is 17.4 Å². The van der Waals surface area contributed by atoms with Crippen molar-refractivity contribution in [2.45, 2.75) is 45.1 Å². The maximum atomic E-state index is 12.3. The third-order valence-corrected chi connectivity index (χ3v) is 5.84. The Morgan fingerprint density at radius 3 is 2.29 bits per heavy atom. The fourth-order valence-corrected chi connectivity index (χ4v) is 5.02. The number of carbonyl (C=O) groups is 1. The molecule has 0 N–H and O–H groups in total. The zero-order valence-corrected chi connectivity index (χ0v) is 14.2. The molecule has 0 aromatic heterocycles. The number of hydrogen-bond donors (Lipinski definition) is 0. The molecule has 4 fully saturated rings. The van der Waals surface area contributed by atoms with Gasteiger partial charge in [-0.1, -0.05) is 35.5 Å². The van der Waals surface area contributed by atoms with Crippen molar-refractivity contribution in [2.75, 3.05) is 6.61 Å². The highest BCUT2D eigenvalue weighted by atomic mass is 16.7. The number of benzene rings is 1. The first kappa shape index (κ1) is 15.7. The van der Waals surface area contributed by atoms with Gasteiger partial charge in [-0.2, -0.15) is 0 Å². The SMILES string of the molecule is CCOC(=O)C(ON=C1C2CC3CC(C2)CC1C3)c1ccccc1. The predicted molar refractivity (Wildman–Crippen MR) is 91.4 cm³/mol. The van der Waals surface area contributed by atoms with Crippen LogP contribution in [0.15, 0.2) is 35.5 Å². The monoisotopic (exact) mass is 327 g/mol. The average Bonchev–Trinajstić information content (AvgIpc) is 2.58. The Balaban J connectivity index is 1.53. The van der Waals surface area contributed by atoms with E-state index < -0.39 is 6.10 Å². The van der Waals surface area contributed by atoms with Crippen LogP contribution in [0.25, 0.3) is 0 Å². The Morgan fingerprint density at radius 2 is 1.71 bits per heavy atom. The molecular weight excluding hydrogens is 302 g/mol. The van der Waals surface area contributed by atoms with Gasteiger partial charge in [0, 0.05) is 17.4 Å². The molecule has 1 unspecified atom stereocenters. The lowest BCUT2D eigenvalue weighted by Gasteiger charge is -2.50. The molecule has 24 heavy (non-hydrogen) atoms. The van der Waals surface area contributed by atoms with Gasteiger partial charge in [-0.05, 0) is 50.9 Å². The highest BCUT2D eigenvalue weighted by Crippen LogP contribution is 2.52. The van der Waals surface area contributed by atoms with Crippen molar-refractivity contribution < 1.29 is 14.4 Å². The average molecular weight is 327 g/mol. The fraction of sp³-hybridized carbons (Fsp3) is 0.600. The molecule has 4 saturated carbocycles. The van der Waals surface area contributed by atoms with Crippen molar-refractivity contribution in [3.63, 3.8) is 0 Å². The van der Waals surface area contributed by atoms with Crippen molar-refractivity contribution in [1.82, 2.24) is 0 Å². The summed E-state index contributed by atoms with van der Waals surface area (Å²) in [6.45, 7) is 2.15. The molecule has 1 aromatic carbocycles. The molecule has 0 aliphatic heterocycles. The minimum absolute atomic E-state index is 0.344. The molecule has 1 aromatic rings. The lowest BCUT2D eigenvalue weighted by Crippen LogP contribution is -2.45. The molecule has 0 radical (unpaired) electrons. The van der Waals surface area contributed by atoms with Gasteiger partial charge in [0.05, 0.1) is 12.3 Å². The van der Waals surface area contributed by atoms with Gasteiger partial charge in [-0.25, -0.2) is 4.79 Å². The van der Waals surface area contributed by atoms with Crippen LogP contribution in [0.3, 0.4) is 0 Å². The molecule has 4 bridgehead atoms. The van der Waals surface area contributed by atoms with E-state index in [1.807, 2.05) is 37.3 Å². The molecule has 1 atom stereocenters. The van der Waals surface area contributed by atoms with Crippen molar-refractivity contribution in [2.24, 2.45) is 28.8 Å². The summed E-state index contributed by atoms with van der Waals surface area (Å²) in [6, 6.07) is 9.51. The molecule has 4 nitrogen and oxygen atoms in total. The molecule has 4 aliphatic rings. The molecule has 0 heterocycles. The van der Waals surface area contributed by atoms with Crippen LogP contribution >= 0.6 is 0 Å². The van der Waals surface area contributed by atoms with Crippen molar-refractivity contribution in [3.05, 3.63) is 35.9 Å². The van der Waals surface area contributed by atoms with Crippen LogP contribution in [0.4, 0.5) is 0 Å². The molecule has 4 heteroatoms. The van der Waals surface area contributed by atoms with Gasteiger partial charge < -0.3 is 9.57 Å². The first-order chi connectivity index (χ1) is 11.7. The predicted octanol–water partition coefficient (Wildman–Crippen LogP) is 4.12. The molecule has 4 aliphatic carbocycles. The summed E-state index contributed by atoms with van der Waals surface area (Å²) in [5.74, 6) is 2.56. The van der Waals surface area contributed by atoms with E-state index in [1.54, 1.807) is 0 Å². The van der Waals surface area contributed by atoms with Crippen LogP contribution in [0.2, 0.25) is 0 Å². The van der Waals surface area contributed by atoms with Crippen LogP contribution in [-0.4, -0.2) is 18.3 Å². The highest BCUT2D eigenvalue weighted by molar-refractivity contribution is 5.90. The largest absolute Gasteiger partial charge is 0.463 e. The quantitative estimate of drug-likeness (QED) is 0.604. The zero-order chi connectivity index (χ0) is 16.5. The van der Waals surface area contributed by atoms with E-state index >= 15 is 0 Å². The topological polar surface area (TPSA) is 47.9 Å². The van der Waals surface area contributed by atoms with Gasteiger partial charge in [0.1, 0.15) is 0 Å². The summed E-state index contributed by atoms with van der Waals surface area (Å²) in [4.78, 5) is 18.1. The maximum Gasteiger partial charge on any atom is 0.355 e. The maximum absolute atomic E-state index is 12.3. The van der Waals surface area contributed by atoms with Gasteiger partial charge in [0.2, 0.25) is 6.10 Å². The van der Waals surface area contributed by atoms with Gasteiger partial charge in [0.15, 0.2) is 0 Å². The van der Waals surface area contributed by atoms with Crippen LogP contribution in [0.1, 0.15) is 50.7 Å². The van der Waals surface area contributed by atoms with Crippen LogP contribution in [0.5, 0.6) is 0 Å². The molecule has 5 rings (SSSR count). The minimum Gasteiger partial charge on any atom is -0.463 e. The Labute approximate surface area is 143 Å². The summed E-state index contributed by atoms with van der Waals surface area (Å²) < 4.78 is 5.18. The van der Waals surface area contributed by atoms with Crippen LogP contribution in [-0.2, 0) is 14.4 Å². The molecule has 0 amide bonds. The number of nitrogens with zero attached hydrogens (tertiary/aromatic N) is 1. The number of carbonyl (C=O) groups excluding carboxylic acids is 1. The van der Waals surface area contributed by atoms with Crippen molar-refractivity contribution >= 4 is 11.7 Å². The lowest BCUT2D eigenvalue weighted by atomic mass is 9.55. The fourth-order valence-electron chi connectivity index (χ4n) is 5.02. The normalized spacial score (nSPS) is 31.6. The van der Waals surface area contributed by atoms with Gasteiger partial charge >= 0.3 is 5.97 Å². The van der Waals surface area contributed by atoms with E-state index in [-0.39, 0.29) is 5.97 Å². The number of oxime groups is 1. The summed E-state index contributed by atoms with van der Waals surface area (Å²) in [5.41, 5.74) is 2.00. The summed E-state index contributed by atoms with van der Waals surface area (Å²) in [7, 11) is 0. The van der Waals surface area contributed by atoms with E-state index in [2.05, 4.69) is 5.16 Å². The standard InChI is InChI=1S/C20H25NO3/c1-2-23-20(22)19(15-6-4-3-5-7-15)24-21-18-16-9-13-8-14(11-16)12-17(18)10-13/h3-7,13-14,16-17,19H,2,8-12H2,1H3. The molecule has 0 saturated heterocycles. The number of esters is 1. The Kier molecular flexibility index (Phi) is 4.30. The molecular formula is C20H25NO3. The third-order valence-electron chi connectivity index (χ3n) is 5.84. The molecule has 128 valence electrons. The molecule has 0 spiro atoms. The van der Waals surface area contributed by atoms with Crippen LogP contribution in [0, 0.1) is 23.7 Å². The smallest absolute Gasteiger partial charge is 0.355 e. The third kappa shape index (κ3) is 2.94. The van der Waals surface area contributed by atoms with Gasteiger partial charge in [0.25, 0.3) is 0 Å². The second-order valence-electron chi connectivity index (χ2n) is 7.47. The van der Waals surface area contributed by atoms with Crippen molar-refractivity contribution in [1.29, 1.82) is 0 Å². The Bertz CT molecular complexity index is 595. The van der Waals surface area contributed by atoms with E-state index in [4.69, 9.17) is 9.57 Å². The Hall–Kier alpha value is -1.84. The van der Waals surface area contributed by atoms with E-state index in [9.17, 15) is 4.79 Å². The number of hydrogen-bond acceptors (Lipinski definition) is 4. The summed E-state index contributed by atoms with van der Waals surface area (Å²) >= 11 is 0. The first-order valence-electron chi connectivity index (χ1n) is 9.19. The van der Waals surface area contributed by atoms with Crippen molar-refractivity contribution in [3.8, 4) is 0 Å². The highest BCUT2D eigenvalue weighted by Gasteiger charge is 2.46. The second-order valence-corrected chi connectivity index (χ2v) is 7.47. The van der Waals surface area contributed by atoms with E-state index in [0.29, 0.717) is 18.4 Å². The number of ether oxygens (including phenoxy) is 1. The Morgan fingerprint density at radius 1 is 1.08 bits per heavy atom. The van der Waals surface area contributed by atoms with Crippen LogP contribution < -0.4 is 0 Å². The summed E-state index contributed by atoms with van der Waals surface area (Å²) in [6.07, 6.45) is 5.66. The van der Waals surface area contributed by atoms with Gasteiger partial charge in [-0.15, -0.1) is 0 Å².